The van der Waals surface area contributed by atoms with Gasteiger partial charge in [0.1, 0.15) is 0 Å². The molecule has 0 fully saturated rings. The van der Waals surface area contributed by atoms with Crippen LogP contribution >= 0.6 is 15.9 Å². The highest BCUT2D eigenvalue weighted by molar-refractivity contribution is 9.10. The number of nitrogens with two attached hydrogens (primary N) is 1. The summed E-state index contributed by atoms with van der Waals surface area (Å²) in [5.74, 6) is 0. The minimum atomic E-state index is 0.823. The van der Waals surface area contributed by atoms with E-state index in [1.807, 2.05) is 20.9 Å². The van der Waals surface area contributed by atoms with Crippen LogP contribution in [0.4, 0.5) is 11.4 Å². The maximum absolute atomic E-state index is 5.90. The highest BCUT2D eigenvalue weighted by atomic mass is 79.9. The Morgan fingerprint density at radius 1 is 1.42 bits per heavy atom. The third-order valence-electron chi connectivity index (χ3n) is 2.02. The quantitative estimate of drug-likeness (QED) is 0.726. The number of nitrogens with one attached hydrogen (secondary N) is 1. The van der Waals surface area contributed by atoms with E-state index in [1.54, 1.807) is 0 Å². The van der Waals surface area contributed by atoms with Gasteiger partial charge in [0.25, 0.3) is 0 Å². The molecule has 3 heteroatoms. The lowest BCUT2D eigenvalue weighted by Crippen LogP contribution is -2.01. The minimum Gasteiger partial charge on any atom is -0.397 e. The van der Waals surface area contributed by atoms with Crippen LogP contribution in [0.15, 0.2) is 10.5 Å². The van der Waals surface area contributed by atoms with E-state index in [1.165, 1.54) is 0 Å². The Morgan fingerprint density at radius 3 is 2.50 bits per heavy atom. The topological polar surface area (TPSA) is 38.0 Å². The number of anilines is 2. The van der Waals surface area contributed by atoms with Gasteiger partial charge in [-0.25, -0.2) is 0 Å². The van der Waals surface area contributed by atoms with Crippen LogP contribution in [-0.4, -0.2) is 7.05 Å². The van der Waals surface area contributed by atoms with E-state index in [2.05, 4.69) is 27.3 Å². The first kappa shape index (κ1) is 9.39. The van der Waals surface area contributed by atoms with Crippen LogP contribution < -0.4 is 11.1 Å². The Morgan fingerprint density at radius 2 is 2.00 bits per heavy atom. The van der Waals surface area contributed by atoms with Gasteiger partial charge in [-0.2, -0.15) is 0 Å². The molecule has 0 atom stereocenters. The molecule has 12 heavy (non-hydrogen) atoms. The van der Waals surface area contributed by atoms with Gasteiger partial charge in [-0.3, -0.25) is 0 Å². The minimum absolute atomic E-state index is 0.823. The van der Waals surface area contributed by atoms with Crippen molar-refractivity contribution in [1.82, 2.24) is 0 Å². The molecule has 0 radical (unpaired) electrons. The van der Waals surface area contributed by atoms with Gasteiger partial charge in [-0.05, 0) is 31.0 Å². The predicted molar refractivity (Wildman–Crippen MR) is 57.6 cm³/mol. The van der Waals surface area contributed by atoms with E-state index in [0.29, 0.717) is 0 Å². The lowest BCUT2D eigenvalue weighted by molar-refractivity contribution is 1.34. The van der Waals surface area contributed by atoms with Crippen LogP contribution in [0.25, 0.3) is 0 Å². The van der Waals surface area contributed by atoms with E-state index >= 15 is 0 Å². The molecule has 1 rings (SSSR count). The zero-order valence-electron chi connectivity index (χ0n) is 7.53. The monoisotopic (exact) mass is 228 g/mol. The fourth-order valence-electron chi connectivity index (χ4n) is 1.23. The van der Waals surface area contributed by atoms with E-state index in [0.717, 1.165) is 27.0 Å². The summed E-state index contributed by atoms with van der Waals surface area (Å²) in [4.78, 5) is 0. The van der Waals surface area contributed by atoms with Crippen molar-refractivity contribution < 1.29 is 0 Å². The largest absolute Gasteiger partial charge is 0.397 e. The average Bonchev–Trinajstić information content (AvgIpc) is 2.01. The molecule has 0 spiro atoms. The number of rotatable bonds is 1. The Kier molecular flexibility index (Phi) is 2.62. The van der Waals surface area contributed by atoms with Crippen LogP contribution in [0.3, 0.4) is 0 Å². The van der Waals surface area contributed by atoms with Gasteiger partial charge in [0, 0.05) is 11.5 Å². The van der Waals surface area contributed by atoms with Crippen LogP contribution in [0, 0.1) is 13.8 Å². The number of aryl methyl sites for hydroxylation is 1. The molecule has 0 saturated heterocycles. The Balaban J connectivity index is 3.40. The van der Waals surface area contributed by atoms with Crippen molar-refractivity contribution in [3.63, 3.8) is 0 Å². The van der Waals surface area contributed by atoms with E-state index < -0.39 is 0 Å². The number of nitrogen functional groups attached to an aromatic ring is 1. The summed E-state index contributed by atoms with van der Waals surface area (Å²) in [6.07, 6.45) is 0. The second kappa shape index (κ2) is 3.35. The molecule has 0 unspecified atom stereocenters. The number of hydrogen-bond donors (Lipinski definition) is 2. The third-order valence-corrected chi connectivity index (χ3v) is 2.84. The number of benzene rings is 1. The molecule has 2 nitrogen and oxygen atoms in total. The van der Waals surface area contributed by atoms with Crippen molar-refractivity contribution in [2.75, 3.05) is 18.1 Å². The second-order valence-electron chi connectivity index (χ2n) is 2.84. The van der Waals surface area contributed by atoms with Gasteiger partial charge < -0.3 is 11.1 Å². The van der Waals surface area contributed by atoms with E-state index in [9.17, 15) is 0 Å². The fourth-order valence-corrected chi connectivity index (χ4v) is 1.79. The first-order valence-corrected chi connectivity index (χ1v) is 4.60. The van der Waals surface area contributed by atoms with Crippen LogP contribution in [0.1, 0.15) is 11.1 Å². The molecule has 0 aliphatic rings. The van der Waals surface area contributed by atoms with Crippen molar-refractivity contribution in [3.05, 3.63) is 21.7 Å². The predicted octanol–water partition coefficient (Wildman–Crippen LogP) is 2.69. The zero-order chi connectivity index (χ0) is 9.30. The summed E-state index contributed by atoms with van der Waals surface area (Å²) >= 11 is 3.45. The first-order chi connectivity index (χ1) is 5.57. The standard InChI is InChI=1S/C9H13BrN2/c1-5-4-7(10)6(2)8(11)9(5)12-3/h4,12H,11H2,1-3H3. The van der Waals surface area contributed by atoms with Crippen LogP contribution in [-0.2, 0) is 0 Å². The molecule has 1 aromatic carbocycles. The molecule has 0 amide bonds. The highest BCUT2D eigenvalue weighted by Gasteiger charge is 2.07. The molecule has 0 bridgehead atoms. The summed E-state index contributed by atoms with van der Waals surface area (Å²) in [5, 5.41) is 3.09. The van der Waals surface area contributed by atoms with E-state index in [4.69, 9.17) is 5.73 Å². The summed E-state index contributed by atoms with van der Waals surface area (Å²) < 4.78 is 1.07. The van der Waals surface area contributed by atoms with Crippen molar-refractivity contribution in [2.45, 2.75) is 13.8 Å². The molecule has 0 aliphatic carbocycles. The van der Waals surface area contributed by atoms with Gasteiger partial charge in [-0.15, -0.1) is 0 Å². The number of hydrogen-bond acceptors (Lipinski definition) is 2. The highest BCUT2D eigenvalue weighted by Crippen LogP contribution is 2.31. The Bertz CT molecular complexity index is 308. The van der Waals surface area contributed by atoms with Crippen molar-refractivity contribution in [1.29, 1.82) is 0 Å². The molecular formula is C9H13BrN2. The van der Waals surface area contributed by atoms with Crippen molar-refractivity contribution in [2.24, 2.45) is 0 Å². The molecule has 0 heterocycles. The van der Waals surface area contributed by atoms with Gasteiger partial charge in [0.05, 0.1) is 11.4 Å². The Labute approximate surface area is 81.3 Å². The third kappa shape index (κ3) is 1.41. The van der Waals surface area contributed by atoms with Gasteiger partial charge in [0.2, 0.25) is 0 Å². The maximum atomic E-state index is 5.90. The lowest BCUT2D eigenvalue weighted by atomic mass is 10.1. The summed E-state index contributed by atoms with van der Waals surface area (Å²) in [5.41, 5.74) is 10.00. The van der Waals surface area contributed by atoms with Gasteiger partial charge in [0.15, 0.2) is 0 Å². The fraction of sp³-hybridized carbons (Fsp3) is 0.333. The van der Waals surface area contributed by atoms with Crippen molar-refractivity contribution in [3.8, 4) is 0 Å². The lowest BCUT2D eigenvalue weighted by Gasteiger charge is -2.12. The van der Waals surface area contributed by atoms with Gasteiger partial charge >= 0.3 is 0 Å². The normalized spacial score (nSPS) is 10.0. The molecule has 1 aromatic rings. The molecule has 0 saturated carbocycles. The summed E-state index contributed by atoms with van der Waals surface area (Å²) in [6, 6.07) is 2.07. The summed E-state index contributed by atoms with van der Waals surface area (Å²) in [7, 11) is 1.88. The molecule has 0 aromatic heterocycles. The van der Waals surface area contributed by atoms with Crippen LogP contribution in [0.2, 0.25) is 0 Å². The smallest absolute Gasteiger partial charge is 0.0604 e. The molecule has 3 N–H and O–H groups in total. The second-order valence-corrected chi connectivity index (χ2v) is 3.69. The molecule has 66 valence electrons. The first-order valence-electron chi connectivity index (χ1n) is 3.81. The SMILES string of the molecule is CNc1c(C)cc(Br)c(C)c1N. The molecule has 0 aliphatic heterocycles. The Hall–Kier alpha value is -0.700. The van der Waals surface area contributed by atoms with Crippen molar-refractivity contribution >= 4 is 27.3 Å². The van der Waals surface area contributed by atoms with E-state index in [-0.39, 0.29) is 0 Å². The average molecular weight is 229 g/mol. The molecular weight excluding hydrogens is 216 g/mol. The maximum Gasteiger partial charge on any atom is 0.0604 e. The van der Waals surface area contributed by atoms with Crippen LogP contribution in [0.5, 0.6) is 0 Å². The summed E-state index contributed by atoms with van der Waals surface area (Å²) in [6.45, 7) is 4.03. The number of halogens is 1. The zero-order valence-corrected chi connectivity index (χ0v) is 9.12. The van der Waals surface area contributed by atoms with Gasteiger partial charge in [-0.1, -0.05) is 15.9 Å².